The zero-order valence-electron chi connectivity index (χ0n) is 7.96. The highest BCUT2D eigenvalue weighted by Crippen LogP contribution is 2.27. The van der Waals surface area contributed by atoms with E-state index in [1.807, 2.05) is 6.20 Å². The molecule has 14 heavy (non-hydrogen) atoms. The van der Waals surface area contributed by atoms with E-state index in [-0.39, 0.29) is 0 Å². The second-order valence-corrected chi connectivity index (χ2v) is 3.83. The average molecular weight is 187 g/mol. The average Bonchev–Trinajstić information content (AvgIpc) is 2.88. The fourth-order valence-electron chi connectivity index (χ4n) is 2.23. The SMILES string of the molecule is c1cc(C2CCCN2)c2[nH]ncc2c1. The molecule has 1 atom stereocenters. The molecule has 1 aromatic heterocycles. The van der Waals surface area contributed by atoms with Gasteiger partial charge in [-0.3, -0.25) is 5.10 Å². The number of aromatic amines is 1. The van der Waals surface area contributed by atoms with Crippen LogP contribution in [0.1, 0.15) is 24.4 Å². The van der Waals surface area contributed by atoms with Crippen molar-refractivity contribution >= 4 is 10.9 Å². The van der Waals surface area contributed by atoms with Gasteiger partial charge in [-0.2, -0.15) is 5.10 Å². The Balaban J connectivity index is 2.14. The minimum Gasteiger partial charge on any atom is -0.310 e. The lowest BCUT2D eigenvalue weighted by Gasteiger charge is -2.10. The molecule has 2 aromatic rings. The summed E-state index contributed by atoms with van der Waals surface area (Å²) >= 11 is 0. The van der Waals surface area contributed by atoms with Gasteiger partial charge in [-0.15, -0.1) is 0 Å². The normalized spacial score (nSPS) is 21.9. The lowest BCUT2D eigenvalue weighted by Crippen LogP contribution is -2.13. The van der Waals surface area contributed by atoms with Crippen molar-refractivity contribution in [2.24, 2.45) is 0 Å². The van der Waals surface area contributed by atoms with Crippen LogP contribution in [0.25, 0.3) is 10.9 Å². The summed E-state index contributed by atoms with van der Waals surface area (Å²) in [6, 6.07) is 6.90. The first-order valence-corrected chi connectivity index (χ1v) is 5.10. The molecule has 72 valence electrons. The number of benzene rings is 1. The second-order valence-electron chi connectivity index (χ2n) is 3.83. The van der Waals surface area contributed by atoms with E-state index >= 15 is 0 Å². The Bertz CT molecular complexity index is 440. The Morgan fingerprint density at radius 1 is 1.36 bits per heavy atom. The third kappa shape index (κ3) is 1.13. The highest BCUT2D eigenvalue weighted by molar-refractivity contribution is 5.81. The summed E-state index contributed by atoms with van der Waals surface area (Å²) in [5.41, 5.74) is 2.55. The standard InChI is InChI=1S/C11H13N3/c1-3-8-7-13-14-11(8)9(4-1)10-5-2-6-12-10/h1,3-4,7,10,12H,2,5-6H2,(H,13,14). The zero-order chi connectivity index (χ0) is 9.38. The molecular formula is C11H13N3. The van der Waals surface area contributed by atoms with Crippen LogP contribution >= 0.6 is 0 Å². The minimum atomic E-state index is 0.513. The number of nitrogens with one attached hydrogen (secondary N) is 2. The number of rotatable bonds is 1. The molecule has 1 fully saturated rings. The zero-order valence-corrected chi connectivity index (χ0v) is 7.96. The highest BCUT2D eigenvalue weighted by Gasteiger charge is 2.18. The van der Waals surface area contributed by atoms with Crippen LogP contribution in [0.3, 0.4) is 0 Å². The van der Waals surface area contributed by atoms with Gasteiger partial charge >= 0.3 is 0 Å². The maximum absolute atomic E-state index is 4.08. The van der Waals surface area contributed by atoms with Crippen molar-refractivity contribution < 1.29 is 0 Å². The lowest BCUT2D eigenvalue weighted by atomic mass is 10.0. The van der Waals surface area contributed by atoms with E-state index in [2.05, 4.69) is 33.7 Å². The summed E-state index contributed by atoms with van der Waals surface area (Å²) < 4.78 is 0. The van der Waals surface area contributed by atoms with Crippen molar-refractivity contribution in [3.63, 3.8) is 0 Å². The molecule has 3 nitrogen and oxygen atoms in total. The maximum atomic E-state index is 4.08. The molecule has 0 amide bonds. The number of hydrogen-bond donors (Lipinski definition) is 2. The Hall–Kier alpha value is -1.35. The van der Waals surface area contributed by atoms with Crippen LogP contribution in [0.4, 0.5) is 0 Å². The molecule has 2 heterocycles. The molecule has 1 aliphatic heterocycles. The van der Waals surface area contributed by atoms with Crippen molar-refractivity contribution in [1.82, 2.24) is 15.5 Å². The van der Waals surface area contributed by atoms with Gasteiger partial charge in [0.15, 0.2) is 0 Å². The Kier molecular flexibility index (Phi) is 1.77. The molecule has 0 bridgehead atoms. The van der Waals surface area contributed by atoms with E-state index in [1.165, 1.54) is 29.3 Å². The quantitative estimate of drug-likeness (QED) is 0.716. The van der Waals surface area contributed by atoms with Crippen molar-refractivity contribution in [3.8, 4) is 0 Å². The summed E-state index contributed by atoms with van der Waals surface area (Å²) in [5.74, 6) is 0. The molecule has 2 N–H and O–H groups in total. The fraction of sp³-hybridized carbons (Fsp3) is 0.364. The number of para-hydroxylation sites is 1. The summed E-state index contributed by atoms with van der Waals surface area (Å²) in [4.78, 5) is 0. The van der Waals surface area contributed by atoms with E-state index in [4.69, 9.17) is 0 Å². The summed E-state index contributed by atoms with van der Waals surface area (Å²) in [6.45, 7) is 1.13. The van der Waals surface area contributed by atoms with Crippen molar-refractivity contribution in [3.05, 3.63) is 30.0 Å². The van der Waals surface area contributed by atoms with Crippen LogP contribution in [-0.2, 0) is 0 Å². The first-order chi connectivity index (χ1) is 6.95. The fourth-order valence-corrected chi connectivity index (χ4v) is 2.23. The van der Waals surface area contributed by atoms with Crippen LogP contribution in [0, 0.1) is 0 Å². The molecule has 1 aromatic carbocycles. The number of hydrogen-bond acceptors (Lipinski definition) is 2. The number of H-pyrrole nitrogens is 1. The van der Waals surface area contributed by atoms with Gasteiger partial charge in [0, 0.05) is 11.4 Å². The van der Waals surface area contributed by atoms with Gasteiger partial charge in [0.1, 0.15) is 0 Å². The second kappa shape index (κ2) is 3.10. The summed E-state index contributed by atoms with van der Waals surface area (Å²) in [5, 5.41) is 11.9. The van der Waals surface area contributed by atoms with E-state index in [9.17, 15) is 0 Å². The largest absolute Gasteiger partial charge is 0.310 e. The maximum Gasteiger partial charge on any atom is 0.0698 e. The molecule has 3 heteroatoms. The lowest BCUT2D eigenvalue weighted by molar-refractivity contribution is 0.651. The Morgan fingerprint density at radius 2 is 2.36 bits per heavy atom. The van der Waals surface area contributed by atoms with Crippen LogP contribution in [0.5, 0.6) is 0 Å². The van der Waals surface area contributed by atoms with Gasteiger partial charge in [0.25, 0.3) is 0 Å². The first-order valence-electron chi connectivity index (χ1n) is 5.10. The third-order valence-corrected chi connectivity index (χ3v) is 2.94. The number of fused-ring (bicyclic) bond motifs is 1. The molecule has 0 aliphatic carbocycles. The van der Waals surface area contributed by atoms with Crippen molar-refractivity contribution in [2.75, 3.05) is 6.54 Å². The van der Waals surface area contributed by atoms with E-state index in [0.717, 1.165) is 6.54 Å². The molecule has 1 saturated heterocycles. The number of nitrogens with zero attached hydrogens (tertiary/aromatic N) is 1. The first kappa shape index (κ1) is 8.00. The minimum absolute atomic E-state index is 0.513. The highest BCUT2D eigenvalue weighted by atomic mass is 15.1. The Morgan fingerprint density at radius 3 is 3.21 bits per heavy atom. The van der Waals surface area contributed by atoms with Crippen molar-refractivity contribution in [1.29, 1.82) is 0 Å². The van der Waals surface area contributed by atoms with E-state index in [0.29, 0.717) is 6.04 Å². The van der Waals surface area contributed by atoms with Crippen LogP contribution in [-0.4, -0.2) is 16.7 Å². The molecule has 1 unspecified atom stereocenters. The van der Waals surface area contributed by atoms with Crippen LogP contribution in [0.2, 0.25) is 0 Å². The summed E-state index contributed by atoms with van der Waals surface area (Å²) in [6.07, 6.45) is 4.39. The molecule has 1 aliphatic rings. The predicted octanol–water partition coefficient (Wildman–Crippen LogP) is 1.99. The van der Waals surface area contributed by atoms with Gasteiger partial charge in [-0.1, -0.05) is 18.2 Å². The molecule has 0 spiro atoms. The van der Waals surface area contributed by atoms with Crippen LogP contribution < -0.4 is 5.32 Å². The van der Waals surface area contributed by atoms with Gasteiger partial charge in [-0.05, 0) is 24.9 Å². The van der Waals surface area contributed by atoms with E-state index in [1.54, 1.807) is 0 Å². The van der Waals surface area contributed by atoms with E-state index < -0.39 is 0 Å². The van der Waals surface area contributed by atoms with Crippen molar-refractivity contribution in [2.45, 2.75) is 18.9 Å². The monoisotopic (exact) mass is 187 g/mol. The smallest absolute Gasteiger partial charge is 0.0698 e. The molecular weight excluding hydrogens is 174 g/mol. The van der Waals surface area contributed by atoms with Gasteiger partial charge in [-0.25, -0.2) is 0 Å². The van der Waals surface area contributed by atoms with Gasteiger partial charge in [0.05, 0.1) is 11.7 Å². The molecule has 0 saturated carbocycles. The number of aromatic nitrogens is 2. The topological polar surface area (TPSA) is 40.7 Å². The predicted molar refractivity (Wildman–Crippen MR) is 56.1 cm³/mol. The molecule has 3 rings (SSSR count). The third-order valence-electron chi connectivity index (χ3n) is 2.94. The van der Waals surface area contributed by atoms with Crippen LogP contribution in [0.15, 0.2) is 24.4 Å². The molecule has 0 radical (unpaired) electrons. The summed E-state index contributed by atoms with van der Waals surface area (Å²) in [7, 11) is 0. The van der Waals surface area contributed by atoms with Gasteiger partial charge in [0.2, 0.25) is 0 Å². The Labute approximate surface area is 82.5 Å². The van der Waals surface area contributed by atoms with Gasteiger partial charge < -0.3 is 5.32 Å².